The second-order valence-electron chi connectivity index (χ2n) is 6.89. The normalized spacial score (nSPS) is 14.8. The van der Waals surface area contributed by atoms with E-state index in [4.69, 9.17) is 0 Å². The first-order valence-electron chi connectivity index (χ1n) is 9.52. The molecule has 0 aliphatic carbocycles. The molecule has 0 amide bonds. The number of hydrogen-bond donors (Lipinski definition) is 2. The molecule has 0 rings (SSSR count). The summed E-state index contributed by atoms with van der Waals surface area (Å²) in [6.07, 6.45) is 14.0. The van der Waals surface area contributed by atoms with Gasteiger partial charge in [0.1, 0.15) is 0 Å². The third-order valence-corrected chi connectivity index (χ3v) is 5.76. The van der Waals surface area contributed by atoms with Crippen LogP contribution in [0.1, 0.15) is 104 Å². The van der Waals surface area contributed by atoms with Gasteiger partial charge >= 0.3 is 0 Å². The predicted molar refractivity (Wildman–Crippen MR) is 97.3 cm³/mol. The Morgan fingerprint density at radius 3 is 1.61 bits per heavy atom. The molecule has 4 nitrogen and oxygen atoms in total. The Morgan fingerprint density at radius 1 is 0.739 bits per heavy atom. The van der Waals surface area contributed by atoms with Gasteiger partial charge in [0.25, 0.3) is 10.1 Å². The van der Waals surface area contributed by atoms with Crippen molar-refractivity contribution in [1.82, 2.24) is 0 Å². The Balaban J connectivity index is 3.67. The van der Waals surface area contributed by atoms with Crippen molar-refractivity contribution in [1.29, 1.82) is 0 Å². The molecule has 0 fully saturated rings. The van der Waals surface area contributed by atoms with E-state index >= 15 is 0 Å². The van der Waals surface area contributed by atoms with Crippen molar-refractivity contribution in [2.75, 3.05) is 0 Å². The molecule has 0 aromatic carbocycles. The van der Waals surface area contributed by atoms with Gasteiger partial charge in [-0.25, -0.2) is 0 Å². The van der Waals surface area contributed by atoms with E-state index in [-0.39, 0.29) is 0 Å². The average molecular weight is 351 g/mol. The van der Waals surface area contributed by atoms with Crippen molar-refractivity contribution < 1.29 is 18.1 Å². The highest BCUT2D eigenvalue weighted by molar-refractivity contribution is 7.86. The van der Waals surface area contributed by atoms with Crippen molar-refractivity contribution in [3.63, 3.8) is 0 Å². The second kappa shape index (κ2) is 14.2. The number of rotatable bonds is 16. The lowest BCUT2D eigenvalue weighted by molar-refractivity contribution is 0.180. The zero-order valence-electron chi connectivity index (χ0n) is 15.2. The molecule has 0 saturated carbocycles. The number of aliphatic hydroxyl groups excluding tert-OH is 1. The van der Waals surface area contributed by atoms with Crippen molar-refractivity contribution >= 4 is 10.1 Å². The van der Waals surface area contributed by atoms with Gasteiger partial charge in [0.05, 0.1) is 11.4 Å². The lowest BCUT2D eigenvalue weighted by atomic mass is 10.0. The Kier molecular flexibility index (Phi) is 14.2. The molecule has 0 radical (unpaired) electrons. The van der Waals surface area contributed by atoms with Crippen LogP contribution in [0, 0.1) is 0 Å². The third kappa shape index (κ3) is 15.2. The lowest BCUT2D eigenvalue weighted by Crippen LogP contribution is -2.21. The Labute approximate surface area is 143 Å². The van der Waals surface area contributed by atoms with Gasteiger partial charge in [0.15, 0.2) is 0 Å². The van der Waals surface area contributed by atoms with Crippen LogP contribution >= 0.6 is 0 Å². The molecule has 0 bridgehead atoms. The fourth-order valence-corrected chi connectivity index (χ4v) is 3.87. The minimum atomic E-state index is -3.95. The fraction of sp³-hybridized carbons (Fsp3) is 1.00. The summed E-state index contributed by atoms with van der Waals surface area (Å²) in [5, 5.41) is 8.56. The zero-order valence-corrected chi connectivity index (χ0v) is 16.0. The summed E-state index contributed by atoms with van der Waals surface area (Å²) in [4.78, 5) is 0. The van der Waals surface area contributed by atoms with E-state index in [0.717, 1.165) is 19.3 Å². The maximum absolute atomic E-state index is 11.4. The summed E-state index contributed by atoms with van der Waals surface area (Å²) in [5.41, 5.74) is 0. The molecule has 0 spiro atoms. The van der Waals surface area contributed by atoms with Crippen LogP contribution in [0.4, 0.5) is 0 Å². The van der Waals surface area contributed by atoms with Crippen LogP contribution in [0.3, 0.4) is 0 Å². The van der Waals surface area contributed by atoms with E-state index in [1.807, 2.05) is 0 Å². The highest BCUT2D eigenvalue weighted by Gasteiger charge is 2.22. The molecule has 2 unspecified atom stereocenters. The molecular formula is C18H38O4S. The quantitative estimate of drug-likeness (QED) is 0.300. The summed E-state index contributed by atoms with van der Waals surface area (Å²) in [6, 6.07) is 0. The lowest BCUT2D eigenvalue weighted by Gasteiger charge is -2.14. The van der Waals surface area contributed by atoms with Gasteiger partial charge < -0.3 is 5.11 Å². The van der Waals surface area contributed by atoms with E-state index in [0.29, 0.717) is 25.7 Å². The van der Waals surface area contributed by atoms with E-state index in [1.54, 1.807) is 6.92 Å². The first-order valence-corrected chi connectivity index (χ1v) is 11.0. The number of hydrogen-bond acceptors (Lipinski definition) is 3. The van der Waals surface area contributed by atoms with Gasteiger partial charge in [0.2, 0.25) is 0 Å². The molecule has 0 saturated heterocycles. The van der Waals surface area contributed by atoms with Crippen LogP contribution in [0.15, 0.2) is 0 Å². The van der Waals surface area contributed by atoms with Gasteiger partial charge in [0, 0.05) is 0 Å². The summed E-state index contributed by atoms with van der Waals surface area (Å²) in [5.74, 6) is 0. The Morgan fingerprint density at radius 2 is 1.17 bits per heavy atom. The second-order valence-corrected chi connectivity index (χ2v) is 8.58. The average Bonchev–Trinajstić information content (AvgIpc) is 2.45. The summed E-state index contributed by atoms with van der Waals surface area (Å²) in [6.45, 7) is 3.93. The van der Waals surface area contributed by atoms with Crippen molar-refractivity contribution in [3.05, 3.63) is 0 Å². The molecule has 5 heteroatoms. The maximum atomic E-state index is 11.4. The Bertz CT molecular complexity index is 352. The van der Waals surface area contributed by atoms with Crippen LogP contribution in [-0.2, 0) is 10.1 Å². The van der Waals surface area contributed by atoms with Gasteiger partial charge in [-0.3, -0.25) is 4.55 Å². The van der Waals surface area contributed by atoms with E-state index < -0.39 is 21.5 Å². The number of aliphatic hydroxyl groups is 1. The molecule has 23 heavy (non-hydrogen) atoms. The van der Waals surface area contributed by atoms with Crippen molar-refractivity contribution in [3.8, 4) is 0 Å². The number of unbranched alkanes of at least 4 members (excludes halogenated alkanes) is 9. The minimum Gasteiger partial charge on any atom is -0.393 e. The highest BCUT2D eigenvalue weighted by Crippen LogP contribution is 2.18. The van der Waals surface area contributed by atoms with Crippen LogP contribution in [0.25, 0.3) is 0 Å². The SMILES string of the molecule is CCCCCCCCCCCCC(CCCC(C)O)S(=O)(=O)O. The molecule has 0 aromatic heterocycles. The van der Waals surface area contributed by atoms with Crippen molar-refractivity contribution in [2.24, 2.45) is 0 Å². The van der Waals surface area contributed by atoms with Gasteiger partial charge in [-0.2, -0.15) is 8.42 Å². The van der Waals surface area contributed by atoms with E-state index in [1.165, 1.54) is 44.9 Å². The first kappa shape index (κ1) is 22.9. The van der Waals surface area contributed by atoms with Gasteiger partial charge in [-0.15, -0.1) is 0 Å². The first-order chi connectivity index (χ1) is 10.9. The van der Waals surface area contributed by atoms with Crippen LogP contribution in [0.5, 0.6) is 0 Å². The monoisotopic (exact) mass is 350 g/mol. The highest BCUT2D eigenvalue weighted by atomic mass is 32.2. The molecule has 2 atom stereocenters. The molecule has 0 heterocycles. The maximum Gasteiger partial charge on any atom is 0.267 e. The fourth-order valence-electron chi connectivity index (χ4n) is 2.94. The van der Waals surface area contributed by atoms with Gasteiger partial charge in [-0.1, -0.05) is 71.1 Å². The topological polar surface area (TPSA) is 74.6 Å². The van der Waals surface area contributed by atoms with Gasteiger partial charge in [-0.05, 0) is 32.6 Å². The molecule has 0 aromatic rings. The molecule has 2 N–H and O–H groups in total. The van der Waals surface area contributed by atoms with Crippen LogP contribution in [0.2, 0.25) is 0 Å². The standard InChI is InChI=1S/C18H38O4S/c1-3-4-5-6-7-8-9-10-11-12-15-18(23(20,21)22)16-13-14-17(2)19/h17-19H,3-16H2,1-2H3,(H,20,21,22). The summed E-state index contributed by atoms with van der Waals surface area (Å²) >= 11 is 0. The zero-order chi connectivity index (χ0) is 17.6. The summed E-state index contributed by atoms with van der Waals surface area (Å²) < 4.78 is 32.1. The van der Waals surface area contributed by atoms with Crippen LogP contribution < -0.4 is 0 Å². The smallest absolute Gasteiger partial charge is 0.267 e. The summed E-state index contributed by atoms with van der Waals surface area (Å²) in [7, 11) is -3.95. The predicted octanol–water partition coefficient (Wildman–Crippen LogP) is 5.10. The minimum absolute atomic E-state index is 0.408. The molecule has 140 valence electrons. The molecule has 0 aliphatic rings. The van der Waals surface area contributed by atoms with Crippen molar-refractivity contribution in [2.45, 2.75) is 115 Å². The van der Waals surface area contributed by atoms with E-state index in [2.05, 4.69) is 6.92 Å². The third-order valence-electron chi connectivity index (χ3n) is 4.45. The largest absolute Gasteiger partial charge is 0.393 e. The van der Waals surface area contributed by atoms with E-state index in [9.17, 15) is 18.1 Å². The Hall–Kier alpha value is -0.130. The van der Waals surface area contributed by atoms with Crippen LogP contribution in [-0.4, -0.2) is 29.4 Å². The molecule has 0 aliphatic heterocycles. The molecular weight excluding hydrogens is 312 g/mol.